The molecular weight excluding hydrogens is 292 g/mol. The number of carbonyl (C=O) groups excluding carboxylic acids is 1. The van der Waals surface area contributed by atoms with E-state index in [9.17, 15) is 13.2 Å². The minimum absolute atomic E-state index is 0.193. The van der Waals surface area contributed by atoms with Crippen LogP contribution in [0.4, 0.5) is 5.69 Å². The minimum Gasteiger partial charge on any atom is -0.468 e. The zero-order valence-electron chi connectivity index (χ0n) is 12.4. The lowest BCUT2D eigenvalue weighted by Gasteiger charge is -2.24. The SMILES string of the molecule is COC(=O)C1CCCN1S(=O)(=O)c1c(C)ccc(N)c1C. The maximum Gasteiger partial charge on any atom is 0.324 e. The number of nitrogens with two attached hydrogens (primary N) is 1. The van der Waals surface area contributed by atoms with Gasteiger partial charge in [-0.3, -0.25) is 4.79 Å². The molecule has 1 unspecified atom stereocenters. The topological polar surface area (TPSA) is 89.7 Å². The highest BCUT2D eigenvalue weighted by molar-refractivity contribution is 7.89. The van der Waals surface area contributed by atoms with E-state index in [0.29, 0.717) is 36.2 Å². The smallest absolute Gasteiger partial charge is 0.324 e. The molecule has 0 radical (unpaired) electrons. The van der Waals surface area contributed by atoms with Gasteiger partial charge in [0.1, 0.15) is 6.04 Å². The molecule has 0 aromatic heterocycles. The van der Waals surface area contributed by atoms with Gasteiger partial charge in [0.25, 0.3) is 0 Å². The highest BCUT2D eigenvalue weighted by atomic mass is 32.2. The first-order valence-corrected chi connectivity index (χ1v) is 8.20. The van der Waals surface area contributed by atoms with Crippen LogP contribution in [-0.4, -0.2) is 38.4 Å². The number of nitrogen functional groups attached to an aromatic ring is 1. The van der Waals surface area contributed by atoms with Crippen molar-refractivity contribution in [2.75, 3.05) is 19.4 Å². The number of hydrogen-bond acceptors (Lipinski definition) is 5. The summed E-state index contributed by atoms with van der Waals surface area (Å²) in [6.07, 6.45) is 1.12. The second kappa shape index (κ2) is 5.65. The summed E-state index contributed by atoms with van der Waals surface area (Å²) >= 11 is 0. The summed E-state index contributed by atoms with van der Waals surface area (Å²) < 4.78 is 31.8. The Hall–Kier alpha value is -1.60. The first-order chi connectivity index (χ1) is 9.80. The molecule has 0 saturated carbocycles. The van der Waals surface area contributed by atoms with Crippen LogP contribution in [-0.2, 0) is 19.6 Å². The summed E-state index contributed by atoms with van der Waals surface area (Å²) in [5, 5.41) is 0. The Kier molecular flexibility index (Phi) is 4.25. The predicted molar refractivity (Wildman–Crippen MR) is 79.3 cm³/mol. The van der Waals surface area contributed by atoms with E-state index in [-0.39, 0.29) is 4.90 Å². The average Bonchev–Trinajstić information content (AvgIpc) is 2.92. The van der Waals surface area contributed by atoms with Gasteiger partial charge in [0.2, 0.25) is 10.0 Å². The summed E-state index contributed by atoms with van der Waals surface area (Å²) in [6.45, 7) is 3.72. The average molecular weight is 312 g/mol. The lowest BCUT2D eigenvalue weighted by atomic mass is 10.1. The van der Waals surface area contributed by atoms with E-state index in [2.05, 4.69) is 0 Å². The van der Waals surface area contributed by atoms with E-state index in [0.717, 1.165) is 0 Å². The molecular formula is C14H20N2O4S. The van der Waals surface area contributed by atoms with Crippen molar-refractivity contribution < 1.29 is 17.9 Å². The van der Waals surface area contributed by atoms with Crippen molar-refractivity contribution in [3.05, 3.63) is 23.3 Å². The molecule has 116 valence electrons. The summed E-state index contributed by atoms with van der Waals surface area (Å²) in [5.74, 6) is -0.518. The molecule has 21 heavy (non-hydrogen) atoms. The molecule has 7 heteroatoms. The third kappa shape index (κ3) is 2.63. The van der Waals surface area contributed by atoms with Gasteiger partial charge in [0, 0.05) is 12.2 Å². The van der Waals surface area contributed by atoms with Crippen LogP contribution in [0.25, 0.3) is 0 Å². The molecule has 6 nitrogen and oxygen atoms in total. The second-order valence-electron chi connectivity index (χ2n) is 5.22. The molecule has 1 heterocycles. The van der Waals surface area contributed by atoms with Crippen LogP contribution in [0, 0.1) is 13.8 Å². The van der Waals surface area contributed by atoms with Crippen molar-refractivity contribution >= 4 is 21.7 Å². The number of hydrogen-bond donors (Lipinski definition) is 1. The first-order valence-electron chi connectivity index (χ1n) is 6.76. The molecule has 1 aromatic rings. The molecule has 2 N–H and O–H groups in total. The van der Waals surface area contributed by atoms with Crippen molar-refractivity contribution in [3.63, 3.8) is 0 Å². The zero-order chi connectivity index (χ0) is 15.8. The third-order valence-electron chi connectivity index (χ3n) is 3.89. The fourth-order valence-corrected chi connectivity index (χ4v) is 4.87. The fraction of sp³-hybridized carbons (Fsp3) is 0.500. The van der Waals surface area contributed by atoms with Gasteiger partial charge < -0.3 is 10.5 Å². The Balaban J connectivity index is 2.53. The second-order valence-corrected chi connectivity index (χ2v) is 7.05. The quantitative estimate of drug-likeness (QED) is 0.669. The molecule has 0 aliphatic carbocycles. The van der Waals surface area contributed by atoms with Gasteiger partial charge >= 0.3 is 5.97 Å². The Morgan fingerprint density at radius 1 is 1.38 bits per heavy atom. The van der Waals surface area contributed by atoms with Gasteiger partial charge in [-0.2, -0.15) is 4.31 Å². The highest BCUT2D eigenvalue weighted by Crippen LogP contribution is 2.32. The van der Waals surface area contributed by atoms with Crippen LogP contribution < -0.4 is 5.73 Å². The summed E-state index contributed by atoms with van der Waals surface area (Å²) in [4.78, 5) is 12.0. The molecule has 2 rings (SSSR count). The third-order valence-corrected chi connectivity index (χ3v) is 6.09. The number of aryl methyl sites for hydroxylation is 1. The largest absolute Gasteiger partial charge is 0.468 e. The van der Waals surface area contributed by atoms with Gasteiger partial charge in [0.15, 0.2) is 0 Å². The predicted octanol–water partition coefficient (Wildman–Crippen LogP) is 1.21. The Bertz CT molecular complexity index is 670. The molecule has 1 aromatic carbocycles. The van der Waals surface area contributed by atoms with Crippen LogP contribution >= 0.6 is 0 Å². The van der Waals surface area contributed by atoms with Crippen LogP contribution in [0.3, 0.4) is 0 Å². The van der Waals surface area contributed by atoms with Crippen molar-refractivity contribution in [3.8, 4) is 0 Å². The van der Waals surface area contributed by atoms with Crippen molar-refractivity contribution in [1.82, 2.24) is 4.31 Å². The lowest BCUT2D eigenvalue weighted by molar-refractivity contribution is -0.144. The number of ether oxygens (including phenoxy) is 1. The summed E-state index contributed by atoms with van der Waals surface area (Å²) in [6, 6.07) is 2.62. The van der Waals surface area contributed by atoms with E-state index in [1.165, 1.54) is 11.4 Å². The standard InChI is InChI=1S/C14H20N2O4S/c1-9-6-7-11(15)10(2)13(9)21(18,19)16-8-4-5-12(16)14(17)20-3/h6-7,12H,4-5,8,15H2,1-3H3. The normalized spacial score (nSPS) is 19.7. The van der Waals surface area contributed by atoms with E-state index in [1.54, 1.807) is 26.0 Å². The van der Waals surface area contributed by atoms with Gasteiger partial charge in [-0.1, -0.05) is 6.07 Å². The first kappa shape index (κ1) is 15.8. The van der Waals surface area contributed by atoms with Crippen LogP contribution in [0.5, 0.6) is 0 Å². The van der Waals surface area contributed by atoms with E-state index in [4.69, 9.17) is 10.5 Å². The number of benzene rings is 1. The van der Waals surface area contributed by atoms with Gasteiger partial charge in [-0.05, 0) is 43.9 Å². The molecule has 1 aliphatic heterocycles. The molecule has 1 atom stereocenters. The minimum atomic E-state index is -3.77. The number of anilines is 1. The van der Waals surface area contributed by atoms with E-state index in [1.807, 2.05) is 0 Å². The molecule has 1 saturated heterocycles. The summed E-state index contributed by atoms with van der Waals surface area (Å²) in [5.41, 5.74) is 7.40. The van der Waals surface area contributed by atoms with Crippen LogP contribution in [0.2, 0.25) is 0 Å². The number of methoxy groups -OCH3 is 1. The number of sulfonamides is 1. The maximum atomic E-state index is 12.9. The van der Waals surface area contributed by atoms with Crippen molar-refractivity contribution in [2.45, 2.75) is 37.6 Å². The molecule has 0 spiro atoms. The fourth-order valence-electron chi connectivity index (χ4n) is 2.76. The number of nitrogens with zero attached hydrogens (tertiary/aromatic N) is 1. The summed E-state index contributed by atoms with van der Waals surface area (Å²) in [7, 11) is -2.51. The highest BCUT2D eigenvalue weighted by Gasteiger charge is 2.41. The monoisotopic (exact) mass is 312 g/mol. The van der Waals surface area contributed by atoms with Gasteiger partial charge in [-0.25, -0.2) is 8.42 Å². The van der Waals surface area contributed by atoms with E-state index < -0.39 is 22.0 Å². The lowest BCUT2D eigenvalue weighted by Crippen LogP contribution is -2.41. The molecule has 1 fully saturated rings. The van der Waals surface area contributed by atoms with Gasteiger partial charge in [-0.15, -0.1) is 0 Å². The Labute approximate surface area is 124 Å². The number of esters is 1. The van der Waals surface area contributed by atoms with Crippen LogP contribution in [0.15, 0.2) is 17.0 Å². The number of rotatable bonds is 3. The van der Waals surface area contributed by atoms with Crippen molar-refractivity contribution in [1.29, 1.82) is 0 Å². The maximum absolute atomic E-state index is 12.9. The van der Waals surface area contributed by atoms with Gasteiger partial charge in [0.05, 0.1) is 12.0 Å². The zero-order valence-corrected chi connectivity index (χ0v) is 13.2. The molecule has 0 bridgehead atoms. The Morgan fingerprint density at radius 2 is 2.05 bits per heavy atom. The van der Waals surface area contributed by atoms with Crippen LogP contribution in [0.1, 0.15) is 24.0 Å². The molecule has 0 amide bonds. The van der Waals surface area contributed by atoms with Crippen molar-refractivity contribution in [2.24, 2.45) is 0 Å². The number of carbonyl (C=O) groups is 1. The molecule has 1 aliphatic rings. The van der Waals surface area contributed by atoms with E-state index >= 15 is 0 Å². The Morgan fingerprint density at radius 3 is 2.67 bits per heavy atom.